The van der Waals surface area contributed by atoms with Gasteiger partial charge in [-0.3, -0.25) is 0 Å². The van der Waals surface area contributed by atoms with E-state index in [-0.39, 0.29) is 5.84 Å². The largest absolute Gasteiger partial charge is 0.409 e. The highest BCUT2D eigenvalue weighted by atomic mass is 79.9. The Bertz CT molecular complexity index is 462. The summed E-state index contributed by atoms with van der Waals surface area (Å²) in [5.74, 6) is 0.840. The Morgan fingerprint density at radius 3 is 3.00 bits per heavy atom. The van der Waals surface area contributed by atoms with Crippen molar-refractivity contribution in [2.75, 3.05) is 18.0 Å². The maximum absolute atomic E-state index is 8.88. The minimum atomic E-state index is 0.157. The third-order valence-corrected chi connectivity index (χ3v) is 3.83. The van der Waals surface area contributed by atoms with Crippen LogP contribution in [0.1, 0.15) is 25.3 Å². The first-order valence-electron chi connectivity index (χ1n) is 6.14. The van der Waals surface area contributed by atoms with Crippen LogP contribution in [0.5, 0.6) is 0 Å². The van der Waals surface area contributed by atoms with Crippen molar-refractivity contribution in [3.63, 3.8) is 0 Å². The van der Waals surface area contributed by atoms with Crippen molar-refractivity contribution in [3.8, 4) is 0 Å². The third kappa shape index (κ3) is 2.77. The number of rotatable bonds is 2. The van der Waals surface area contributed by atoms with Gasteiger partial charge in [-0.15, -0.1) is 0 Å². The van der Waals surface area contributed by atoms with Crippen LogP contribution in [-0.4, -0.2) is 24.1 Å². The van der Waals surface area contributed by atoms with Crippen LogP contribution >= 0.6 is 15.9 Å². The van der Waals surface area contributed by atoms with Gasteiger partial charge in [0.1, 0.15) is 0 Å². The Labute approximate surface area is 116 Å². The average molecular weight is 312 g/mol. The number of oxime groups is 1. The Hall–Kier alpha value is -1.23. The first-order chi connectivity index (χ1) is 8.61. The Kier molecular flexibility index (Phi) is 4.11. The van der Waals surface area contributed by atoms with Crippen molar-refractivity contribution >= 4 is 27.5 Å². The molecule has 0 aromatic heterocycles. The number of hydrogen-bond donors (Lipinski definition) is 2. The van der Waals surface area contributed by atoms with Gasteiger partial charge in [0.25, 0.3) is 0 Å². The summed E-state index contributed by atoms with van der Waals surface area (Å²) in [7, 11) is 0. The molecule has 0 bridgehead atoms. The molecular weight excluding hydrogens is 294 g/mol. The second-order valence-corrected chi connectivity index (χ2v) is 5.76. The van der Waals surface area contributed by atoms with Gasteiger partial charge in [-0.05, 0) is 37.0 Å². The molecule has 0 aliphatic carbocycles. The summed E-state index contributed by atoms with van der Waals surface area (Å²) in [6, 6.07) is 5.90. The second kappa shape index (κ2) is 5.61. The zero-order valence-electron chi connectivity index (χ0n) is 10.4. The van der Waals surface area contributed by atoms with Crippen molar-refractivity contribution in [3.05, 3.63) is 28.2 Å². The molecule has 1 aromatic carbocycles. The van der Waals surface area contributed by atoms with Crippen LogP contribution in [0.2, 0.25) is 0 Å². The van der Waals surface area contributed by atoms with Gasteiger partial charge in [-0.2, -0.15) is 0 Å². The molecule has 1 aromatic rings. The molecule has 1 aliphatic rings. The molecule has 98 valence electrons. The lowest BCUT2D eigenvalue weighted by molar-refractivity contribution is 0.318. The van der Waals surface area contributed by atoms with E-state index < -0.39 is 0 Å². The van der Waals surface area contributed by atoms with Gasteiger partial charge in [0.15, 0.2) is 5.84 Å². The van der Waals surface area contributed by atoms with E-state index in [1.807, 2.05) is 18.2 Å². The van der Waals surface area contributed by atoms with E-state index in [0.717, 1.165) is 28.8 Å². The quantitative estimate of drug-likeness (QED) is 0.382. The number of anilines is 1. The van der Waals surface area contributed by atoms with Gasteiger partial charge in [0, 0.05) is 28.8 Å². The van der Waals surface area contributed by atoms with E-state index in [0.29, 0.717) is 5.92 Å². The molecule has 1 atom stereocenters. The van der Waals surface area contributed by atoms with Gasteiger partial charge in [0.2, 0.25) is 0 Å². The Balaban J connectivity index is 2.37. The zero-order valence-corrected chi connectivity index (χ0v) is 12.0. The maximum atomic E-state index is 8.88. The topological polar surface area (TPSA) is 61.8 Å². The maximum Gasteiger partial charge on any atom is 0.172 e. The monoisotopic (exact) mass is 311 g/mol. The molecule has 1 unspecified atom stereocenters. The lowest BCUT2D eigenvalue weighted by Gasteiger charge is -2.34. The highest BCUT2D eigenvalue weighted by Gasteiger charge is 2.20. The average Bonchev–Trinajstić information content (AvgIpc) is 2.37. The molecule has 5 heteroatoms. The number of piperidine rings is 1. The summed E-state index contributed by atoms with van der Waals surface area (Å²) in [5, 5.41) is 12.0. The summed E-state index contributed by atoms with van der Waals surface area (Å²) in [5.41, 5.74) is 7.58. The first-order valence-corrected chi connectivity index (χ1v) is 6.93. The lowest BCUT2D eigenvalue weighted by atomic mass is 9.98. The zero-order chi connectivity index (χ0) is 13.1. The number of halogens is 1. The molecule has 1 aliphatic heterocycles. The molecule has 0 saturated carbocycles. The van der Waals surface area contributed by atoms with E-state index in [9.17, 15) is 0 Å². The van der Waals surface area contributed by atoms with E-state index in [1.165, 1.54) is 12.8 Å². The minimum Gasteiger partial charge on any atom is -0.409 e. The van der Waals surface area contributed by atoms with Crippen LogP contribution in [0.3, 0.4) is 0 Å². The van der Waals surface area contributed by atoms with Gasteiger partial charge in [-0.1, -0.05) is 28.0 Å². The van der Waals surface area contributed by atoms with Crippen LogP contribution < -0.4 is 10.6 Å². The number of amidine groups is 1. The fourth-order valence-corrected chi connectivity index (χ4v) is 2.81. The van der Waals surface area contributed by atoms with Crippen LogP contribution in [-0.2, 0) is 0 Å². The van der Waals surface area contributed by atoms with Crippen LogP contribution in [0, 0.1) is 5.92 Å². The lowest BCUT2D eigenvalue weighted by Crippen LogP contribution is -2.35. The normalized spacial score (nSPS) is 21.1. The number of nitrogens with two attached hydrogens (primary N) is 1. The van der Waals surface area contributed by atoms with E-state index in [4.69, 9.17) is 10.9 Å². The van der Waals surface area contributed by atoms with E-state index >= 15 is 0 Å². The van der Waals surface area contributed by atoms with Gasteiger partial charge < -0.3 is 15.8 Å². The highest BCUT2D eigenvalue weighted by Crippen LogP contribution is 2.28. The summed E-state index contributed by atoms with van der Waals surface area (Å²) in [6.07, 6.45) is 2.46. The number of hydrogen-bond acceptors (Lipinski definition) is 3. The van der Waals surface area contributed by atoms with Crippen molar-refractivity contribution in [1.82, 2.24) is 0 Å². The number of nitrogens with zero attached hydrogens (tertiary/aromatic N) is 2. The fraction of sp³-hybridized carbons (Fsp3) is 0.462. The molecule has 3 N–H and O–H groups in total. The fourth-order valence-electron chi connectivity index (χ4n) is 2.45. The van der Waals surface area contributed by atoms with Crippen molar-refractivity contribution in [2.24, 2.45) is 16.8 Å². The molecule has 18 heavy (non-hydrogen) atoms. The minimum absolute atomic E-state index is 0.157. The van der Waals surface area contributed by atoms with Gasteiger partial charge in [-0.25, -0.2) is 0 Å². The molecule has 2 rings (SSSR count). The summed E-state index contributed by atoms with van der Waals surface area (Å²) in [4.78, 5) is 2.31. The summed E-state index contributed by atoms with van der Waals surface area (Å²) in [6.45, 7) is 4.30. The van der Waals surface area contributed by atoms with Crippen molar-refractivity contribution in [1.29, 1.82) is 0 Å². The molecular formula is C13H18BrN3O. The molecule has 0 radical (unpaired) electrons. The molecule has 0 spiro atoms. The van der Waals surface area contributed by atoms with E-state index in [2.05, 4.69) is 32.9 Å². The smallest absolute Gasteiger partial charge is 0.172 e. The van der Waals surface area contributed by atoms with Crippen LogP contribution in [0.15, 0.2) is 27.8 Å². The second-order valence-electron chi connectivity index (χ2n) is 4.84. The molecule has 0 amide bonds. The predicted molar refractivity (Wildman–Crippen MR) is 77.3 cm³/mol. The third-order valence-electron chi connectivity index (χ3n) is 3.34. The van der Waals surface area contributed by atoms with Gasteiger partial charge in [0.05, 0.1) is 0 Å². The predicted octanol–water partition coefficient (Wildman–Crippen LogP) is 2.78. The van der Waals surface area contributed by atoms with Crippen molar-refractivity contribution in [2.45, 2.75) is 19.8 Å². The first kappa shape index (κ1) is 13.2. The van der Waals surface area contributed by atoms with E-state index in [1.54, 1.807) is 0 Å². The number of benzene rings is 1. The van der Waals surface area contributed by atoms with Crippen LogP contribution in [0.25, 0.3) is 0 Å². The SMILES string of the molecule is CC1CCCN(c2ccc(Br)cc2/C(N)=N/O)C1. The highest BCUT2D eigenvalue weighted by molar-refractivity contribution is 9.10. The Morgan fingerprint density at radius 2 is 2.33 bits per heavy atom. The Morgan fingerprint density at radius 1 is 1.56 bits per heavy atom. The van der Waals surface area contributed by atoms with Crippen molar-refractivity contribution < 1.29 is 5.21 Å². The standard InChI is InChI=1S/C13H18BrN3O/c1-9-3-2-6-17(8-9)12-5-4-10(14)7-11(12)13(15)16-18/h4-5,7,9,18H,2-3,6,8H2,1H3,(H2,15,16). The molecule has 4 nitrogen and oxygen atoms in total. The summed E-state index contributed by atoms with van der Waals surface area (Å²) < 4.78 is 0.929. The summed E-state index contributed by atoms with van der Waals surface area (Å²) >= 11 is 3.42. The van der Waals surface area contributed by atoms with Gasteiger partial charge >= 0.3 is 0 Å². The molecule has 1 fully saturated rings. The van der Waals surface area contributed by atoms with Crippen LogP contribution in [0.4, 0.5) is 5.69 Å². The molecule has 1 saturated heterocycles. The molecule has 1 heterocycles.